The average Bonchev–Trinajstić information content (AvgIpc) is 2.88. The van der Waals surface area contributed by atoms with Crippen molar-refractivity contribution in [2.24, 2.45) is 0 Å². The van der Waals surface area contributed by atoms with Gasteiger partial charge < -0.3 is 0 Å². The van der Waals surface area contributed by atoms with E-state index < -0.39 is 28.3 Å². The Kier molecular flexibility index (Phi) is 4.75. The molecule has 2 aromatic rings. The van der Waals surface area contributed by atoms with Gasteiger partial charge in [0.25, 0.3) is 11.6 Å². The molecule has 0 saturated carbocycles. The summed E-state index contributed by atoms with van der Waals surface area (Å²) >= 11 is 0.689. The Hall–Kier alpha value is -3.14. The summed E-state index contributed by atoms with van der Waals surface area (Å²) in [6, 6.07) is 9.95. The van der Waals surface area contributed by atoms with E-state index in [9.17, 15) is 28.1 Å². The summed E-state index contributed by atoms with van der Waals surface area (Å²) in [6.07, 6.45) is -3.38. The van der Waals surface area contributed by atoms with Crippen LogP contribution >= 0.6 is 11.8 Å². The molecular formula is C17H10F3N3O3S. The van der Waals surface area contributed by atoms with E-state index in [-0.39, 0.29) is 15.8 Å². The van der Waals surface area contributed by atoms with Crippen molar-refractivity contribution in [3.63, 3.8) is 0 Å². The quantitative estimate of drug-likeness (QED) is 0.466. The number of nitro benzene ring substituents is 1. The van der Waals surface area contributed by atoms with Gasteiger partial charge in [-0.3, -0.25) is 25.2 Å². The Morgan fingerprint density at radius 3 is 2.52 bits per heavy atom. The number of nitrogens with zero attached hydrogens (tertiary/aromatic N) is 2. The highest BCUT2D eigenvalue weighted by Gasteiger charge is 2.40. The van der Waals surface area contributed by atoms with E-state index >= 15 is 0 Å². The van der Waals surface area contributed by atoms with Gasteiger partial charge in [0.1, 0.15) is 0 Å². The number of para-hydroxylation sites is 1. The molecule has 27 heavy (non-hydrogen) atoms. The van der Waals surface area contributed by atoms with Crippen LogP contribution in [0.25, 0.3) is 6.08 Å². The molecule has 3 rings (SSSR count). The van der Waals surface area contributed by atoms with Crippen molar-refractivity contribution in [1.29, 1.82) is 5.41 Å². The third kappa shape index (κ3) is 3.70. The fraction of sp³-hybridized carbons (Fsp3) is 0.0588. The van der Waals surface area contributed by atoms with E-state index in [4.69, 9.17) is 5.41 Å². The summed E-state index contributed by atoms with van der Waals surface area (Å²) < 4.78 is 39.7. The number of non-ortho nitro benzene ring substituents is 1. The summed E-state index contributed by atoms with van der Waals surface area (Å²) in [5, 5.41) is 18.4. The molecule has 10 heteroatoms. The molecule has 0 spiro atoms. The largest absolute Gasteiger partial charge is 0.418 e. The first kappa shape index (κ1) is 18.6. The van der Waals surface area contributed by atoms with Gasteiger partial charge in [-0.15, -0.1) is 0 Å². The Bertz CT molecular complexity index is 989. The highest BCUT2D eigenvalue weighted by molar-refractivity contribution is 8.19. The lowest BCUT2D eigenvalue weighted by atomic mass is 10.1. The van der Waals surface area contributed by atoms with Crippen LogP contribution in [0, 0.1) is 15.5 Å². The van der Waals surface area contributed by atoms with Gasteiger partial charge in [0.2, 0.25) is 0 Å². The number of carbonyl (C=O) groups excluding carboxylic acids is 1. The van der Waals surface area contributed by atoms with E-state index in [2.05, 4.69) is 0 Å². The number of thioether (sulfide) groups is 1. The number of amides is 1. The van der Waals surface area contributed by atoms with E-state index in [1.54, 1.807) is 0 Å². The van der Waals surface area contributed by atoms with E-state index in [1.165, 1.54) is 42.5 Å². The molecule has 1 N–H and O–H groups in total. The highest BCUT2D eigenvalue weighted by atomic mass is 32.2. The Labute approximate surface area is 154 Å². The fourth-order valence-corrected chi connectivity index (χ4v) is 3.35. The van der Waals surface area contributed by atoms with Crippen LogP contribution in [-0.4, -0.2) is 16.0 Å². The fourth-order valence-electron chi connectivity index (χ4n) is 2.49. The number of benzene rings is 2. The second-order valence-corrected chi connectivity index (χ2v) is 6.45. The lowest BCUT2D eigenvalue weighted by Gasteiger charge is -2.19. The number of nitro groups is 1. The number of amidine groups is 1. The van der Waals surface area contributed by atoms with Crippen molar-refractivity contribution in [2.45, 2.75) is 6.18 Å². The van der Waals surface area contributed by atoms with E-state index in [0.29, 0.717) is 22.2 Å². The molecule has 1 saturated heterocycles. The maximum absolute atomic E-state index is 13.2. The Morgan fingerprint density at radius 1 is 1.15 bits per heavy atom. The maximum Gasteiger partial charge on any atom is 0.418 e. The van der Waals surface area contributed by atoms with Crippen LogP contribution in [0.5, 0.6) is 0 Å². The van der Waals surface area contributed by atoms with Gasteiger partial charge in [-0.1, -0.05) is 24.3 Å². The molecular weight excluding hydrogens is 383 g/mol. The monoisotopic (exact) mass is 393 g/mol. The van der Waals surface area contributed by atoms with Gasteiger partial charge in [0.15, 0.2) is 5.17 Å². The van der Waals surface area contributed by atoms with Crippen molar-refractivity contribution in [3.05, 3.63) is 74.7 Å². The molecule has 1 heterocycles. The van der Waals surface area contributed by atoms with E-state index in [1.807, 2.05) is 0 Å². The SMILES string of the molecule is N=C1S/C(=C\c2cccc([N+](=O)[O-])c2)C(=O)N1c1ccccc1C(F)(F)F. The number of halogens is 3. The minimum atomic E-state index is -4.69. The van der Waals surface area contributed by atoms with Crippen LogP contribution in [0.15, 0.2) is 53.4 Å². The van der Waals surface area contributed by atoms with Crippen molar-refractivity contribution in [1.82, 2.24) is 0 Å². The molecule has 6 nitrogen and oxygen atoms in total. The minimum absolute atomic E-state index is 0.00234. The van der Waals surface area contributed by atoms with Crippen LogP contribution in [0.2, 0.25) is 0 Å². The zero-order valence-corrected chi connectivity index (χ0v) is 14.2. The first-order valence-electron chi connectivity index (χ1n) is 7.41. The molecule has 0 atom stereocenters. The summed E-state index contributed by atoms with van der Waals surface area (Å²) in [4.78, 5) is 23.5. The molecule has 1 amide bonds. The van der Waals surface area contributed by atoms with Crippen molar-refractivity contribution in [2.75, 3.05) is 4.90 Å². The third-order valence-corrected chi connectivity index (χ3v) is 4.54. The average molecular weight is 393 g/mol. The van der Waals surface area contributed by atoms with Gasteiger partial charge in [0, 0.05) is 12.1 Å². The molecule has 1 aliphatic heterocycles. The Morgan fingerprint density at radius 2 is 1.85 bits per heavy atom. The van der Waals surface area contributed by atoms with Crippen molar-refractivity contribution >= 4 is 40.3 Å². The molecule has 0 aliphatic carbocycles. The summed E-state index contributed by atoms with van der Waals surface area (Å²) in [6.45, 7) is 0. The number of rotatable bonds is 3. The predicted octanol–water partition coefficient (Wildman–Crippen LogP) is 4.67. The number of nitrogens with one attached hydrogen (secondary N) is 1. The van der Waals surface area contributed by atoms with Gasteiger partial charge in [-0.05, 0) is 35.5 Å². The Balaban J connectivity index is 2.00. The molecule has 0 bridgehead atoms. The second-order valence-electron chi connectivity index (χ2n) is 5.42. The maximum atomic E-state index is 13.2. The predicted molar refractivity (Wildman–Crippen MR) is 95.3 cm³/mol. The molecule has 1 aliphatic rings. The standard InChI is InChI=1S/C17H10F3N3O3S/c18-17(19,20)12-6-1-2-7-13(12)22-15(24)14(27-16(22)21)9-10-4-3-5-11(8-10)23(25)26/h1-9,21H/b14-9-,21-16?. The first-order chi connectivity index (χ1) is 12.7. The molecule has 2 aromatic carbocycles. The number of hydrogen-bond acceptors (Lipinski definition) is 5. The minimum Gasteiger partial charge on any atom is -0.278 e. The number of anilines is 1. The van der Waals surface area contributed by atoms with Crippen molar-refractivity contribution in [3.8, 4) is 0 Å². The molecule has 1 fully saturated rings. The lowest BCUT2D eigenvalue weighted by molar-refractivity contribution is -0.384. The molecule has 0 aromatic heterocycles. The highest BCUT2D eigenvalue weighted by Crippen LogP contribution is 2.41. The zero-order chi connectivity index (χ0) is 19.8. The smallest absolute Gasteiger partial charge is 0.278 e. The molecule has 0 unspecified atom stereocenters. The van der Waals surface area contributed by atoms with Crippen LogP contribution in [0.3, 0.4) is 0 Å². The van der Waals surface area contributed by atoms with Crippen molar-refractivity contribution < 1.29 is 22.9 Å². The van der Waals surface area contributed by atoms with Gasteiger partial charge >= 0.3 is 6.18 Å². The molecule has 0 radical (unpaired) electrons. The van der Waals surface area contributed by atoms with Crippen LogP contribution in [0.4, 0.5) is 24.5 Å². The number of alkyl halides is 3. The van der Waals surface area contributed by atoms with Crippen LogP contribution in [-0.2, 0) is 11.0 Å². The van der Waals surface area contributed by atoms with Crippen LogP contribution < -0.4 is 4.90 Å². The number of carbonyl (C=O) groups is 1. The van der Waals surface area contributed by atoms with Gasteiger partial charge in [-0.25, -0.2) is 0 Å². The third-order valence-electron chi connectivity index (χ3n) is 3.65. The summed E-state index contributed by atoms with van der Waals surface area (Å²) in [5.74, 6) is -0.798. The summed E-state index contributed by atoms with van der Waals surface area (Å²) in [7, 11) is 0. The zero-order valence-electron chi connectivity index (χ0n) is 13.4. The van der Waals surface area contributed by atoms with Crippen LogP contribution in [0.1, 0.15) is 11.1 Å². The lowest BCUT2D eigenvalue weighted by Crippen LogP contribution is -2.30. The van der Waals surface area contributed by atoms with Gasteiger partial charge in [-0.2, -0.15) is 13.2 Å². The number of hydrogen-bond donors (Lipinski definition) is 1. The molecule has 138 valence electrons. The second kappa shape index (κ2) is 6.88. The normalized spacial score (nSPS) is 16.3. The van der Waals surface area contributed by atoms with Gasteiger partial charge in [0.05, 0.1) is 21.1 Å². The van der Waals surface area contributed by atoms with E-state index in [0.717, 1.165) is 12.1 Å². The summed E-state index contributed by atoms with van der Waals surface area (Å²) in [5.41, 5.74) is -1.32. The topological polar surface area (TPSA) is 87.3 Å². The first-order valence-corrected chi connectivity index (χ1v) is 8.23.